The molecule has 0 aliphatic carbocycles. The quantitative estimate of drug-likeness (QED) is 0.492. The van der Waals surface area contributed by atoms with E-state index in [9.17, 15) is 0 Å². The first-order chi connectivity index (χ1) is 9.74. The Bertz CT molecular complexity index is 513. The molecule has 23 heavy (non-hydrogen) atoms. The maximum atomic E-state index is 9.10. The van der Waals surface area contributed by atoms with Gasteiger partial charge in [0.2, 0.25) is 0 Å². The van der Waals surface area contributed by atoms with Crippen molar-refractivity contribution in [1.82, 2.24) is 0 Å². The van der Waals surface area contributed by atoms with E-state index in [0.717, 1.165) is 18.4 Å². The molecule has 2 atom stereocenters. The molecular formula is C20H26OWY-2. The van der Waals surface area contributed by atoms with E-state index in [0.29, 0.717) is 11.8 Å². The molecule has 2 aromatic carbocycles. The summed E-state index contributed by atoms with van der Waals surface area (Å²) >= 11 is 0. The van der Waals surface area contributed by atoms with Crippen LogP contribution in [0.25, 0.3) is 0 Å². The third-order valence-electron chi connectivity index (χ3n) is 4.08. The first-order valence-corrected chi connectivity index (χ1v) is 7.40. The van der Waals surface area contributed by atoms with E-state index in [1.807, 2.05) is 24.3 Å². The Morgan fingerprint density at radius 1 is 1.00 bits per heavy atom. The Hall–Kier alpha value is 0.192. The number of benzene rings is 2. The molecule has 2 aromatic rings. The summed E-state index contributed by atoms with van der Waals surface area (Å²) in [5.41, 5.74) is 3.74. The maximum absolute atomic E-state index is 9.10. The van der Waals surface area contributed by atoms with Crippen molar-refractivity contribution >= 4 is 0 Å². The number of hydrogen-bond acceptors (Lipinski definition) is 1. The topological polar surface area (TPSA) is 20.2 Å². The second kappa shape index (κ2) is 13.5. The van der Waals surface area contributed by atoms with Gasteiger partial charge in [-0.15, -0.1) is 0 Å². The fourth-order valence-corrected chi connectivity index (χ4v) is 2.72. The zero-order chi connectivity index (χ0) is 14.4. The first-order valence-electron chi connectivity index (χ1n) is 7.40. The van der Waals surface area contributed by atoms with Crippen LogP contribution < -0.4 is 0 Å². The second-order valence-corrected chi connectivity index (χ2v) is 5.47. The second-order valence-electron chi connectivity index (χ2n) is 5.47. The van der Waals surface area contributed by atoms with Gasteiger partial charge >= 0.3 is 0 Å². The van der Waals surface area contributed by atoms with Crippen LogP contribution in [0, 0.1) is 13.5 Å². The van der Waals surface area contributed by atoms with E-state index < -0.39 is 0 Å². The van der Waals surface area contributed by atoms with Crippen LogP contribution in [-0.2, 0) is 60.4 Å². The van der Waals surface area contributed by atoms with Crippen molar-refractivity contribution in [2.75, 3.05) is 0 Å². The normalized spacial score (nSPS) is 12.1. The van der Waals surface area contributed by atoms with E-state index in [4.69, 9.17) is 5.11 Å². The molecule has 2 rings (SSSR count). The number of aliphatic hydroxyl groups is 1. The van der Waals surface area contributed by atoms with Gasteiger partial charge in [0.1, 0.15) is 0 Å². The number of aliphatic hydroxyl groups excluding tert-OH is 1. The van der Waals surface area contributed by atoms with Crippen LogP contribution in [0.1, 0.15) is 55.2 Å². The molecule has 0 aliphatic rings. The summed E-state index contributed by atoms with van der Waals surface area (Å²) in [6, 6.07) is 19.8. The first kappa shape index (κ1) is 25.4. The Kier molecular flexibility index (Phi) is 14.9. The molecule has 0 amide bonds. The summed E-state index contributed by atoms with van der Waals surface area (Å²) in [6.45, 7) is 4.65. The van der Waals surface area contributed by atoms with Gasteiger partial charge in [-0.3, -0.25) is 0 Å². The Morgan fingerprint density at radius 3 is 2.04 bits per heavy atom. The van der Waals surface area contributed by atoms with Crippen molar-refractivity contribution in [3.05, 3.63) is 78.7 Å². The van der Waals surface area contributed by atoms with E-state index >= 15 is 0 Å². The van der Waals surface area contributed by atoms with Gasteiger partial charge < -0.3 is 12.5 Å². The van der Waals surface area contributed by atoms with E-state index in [1.165, 1.54) is 11.1 Å². The van der Waals surface area contributed by atoms with Crippen LogP contribution in [0.4, 0.5) is 0 Å². The van der Waals surface area contributed by atoms with Crippen LogP contribution in [-0.4, -0.2) is 5.11 Å². The van der Waals surface area contributed by atoms with Gasteiger partial charge in [-0.25, -0.2) is 0 Å². The summed E-state index contributed by atoms with van der Waals surface area (Å²) in [5, 5.41) is 9.10. The molecule has 0 aromatic heterocycles. The van der Waals surface area contributed by atoms with Crippen molar-refractivity contribution in [3.8, 4) is 0 Å². The van der Waals surface area contributed by atoms with Crippen LogP contribution in [0.2, 0.25) is 0 Å². The molecule has 1 nitrogen and oxygen atoms in total. The van der Waals surface area contributed by atoms with Gasteiger partial charge in [0.25, 0.3) is 0 Å². The minimum Gasteiger partial charge on any atom is -0.392 e. The molecule has 2 unspecified atom stereocenters. The summed E-state index contributed by atoms with van der Waals surface area (Å²) in [4.78, 5) is 0. The van der Waals surface area contributed by atoms with Crippen LogP contribution in [0.3, 0.4) is 0 Å². The minimum atomic E-state index is 0. The fraction of sp³-hybridized carbons (Fsp3) is 0.350. The molecule has 0 spiro atoms. The van der Waals surface area contributed by atoms with Crippen molar-refractivity contribution in [2.24, 2.45) is 0 Å². The molecule has 1 radical (unpaired) electrons. The van der Waals surface area contributed by atoms with Crippen LogP contribution in [0.5, 0.6) is 0 Å². The minimum absolute atomic E-state index is 0. The summed E-state index contributed by atoms with van der Waals surface area (Å²) in [6.07, 6.45) is 2.31. The van der Waals surface area contributed by atoms with E-state index in [1.54, 1.807) is 0 Å². The van der Waals surface area contributed by atoms with E-state index in [-0.39, 0.29) is 67.8 Å². The molecule has 1 N–H and O–H groups in total. The predicted molar refractivity (Wildman–Crippen MR) is 90.1 cm³/mol. The molecule has 123 valence electrons. The molecule has 0 bridgehead atoms. The molecule has 0 saturated carbocycles. The largest absolute Gasteiger partial charge is 0.392 e. The molecule has 0 aliphatic heterocycles. The zero-order valence-corrected chi connectivity index (χ0v) is 20.1. The van der Waals surface area contributed by atoms with Gasteiger partial charge in [-0.1, -0.05) is 44.5 Å². The smallest absolute Gasteiger partial charge is 0.0681 e. The number of hydrogen-bond donors (Lipinski definition) is 1. The van der Waals surface area contributed by atoms with Crippen LogP contribution in [0.15, 0.2) is 48.5 Å². The monoisotopic (exact) mass is 555 g/mol. The van der Waals surface area contributed by atoms with Crippen molar-refractivity contribution in [1.29, 1.82) is 0 Å². The molecule has 0 heterocycles. The molecule has 0 fully saturated rings. The van der Waals surface area contributed by atoms with Crippen molar-refractivity contribution < 1.29 is 58.9 Å². The molecule has 3 heteroatoms. The fourth-order valence-electron chi connectivity index (χ4n) is 2.72. The SMILES string of the molecule is CCC(CC(C)c1ccc(CO)cc1)c1cc[c-]cc1.[CH3-].[W].[Y]. The van der Waals surface area contributed by atoms with Gasteiger partial charge in [0, 0.05) is 53.8 Å². The zero-order valence-electron chi connectivity index (χ0n) is 14.3. The predicted octanol–water partition coefficient (Wildman–Crippen LogP) is 5.11. The van der Waals surface area contributed by atoms with Gasteiger partial charge in [0.05, 0.1) is 6.61 Å². The summed E-state index contributed by atoms with van der Waals surface area (Å²) < 4.78 is 0. The average molecular weight is 555 g/mol. The Balaban J connectivity index is 0. The van der Waals surface area contributed by atoms with E-state index in [2.05, 4.69) is 44.2 Å². The Morgan fingerprint density at radius 2 is 1.57 bits per heavy atom. The molecular weight excluding hydrogens is 529 g/mol. The number of rotatable bonds is 6. The van der Waals surface area contributed by atoms with Crippen molar-refractivity contribution in [2.45, 2.75) is 45.1 Å². The molecule has 0 saturated heterocycles. The summed E-state index contributed by atoms with van der Waals surface area (Å²) in [7, 11) is 0. The van der Waals surface area contributed by atoms with Gasteiger partial charge in [0.15, 0.2) is 0 Å². The Labute approximate surface area is 181 Å². The van der Waals surface area contributed by atoms with Crippen molar-refractivity contribution in [3.63, 3.8) is 0 Å². The third kappa shape index (κ3) is 7.74. The maximum Gasteiger partial charge on any atom is 0.0681 e. The third-order valence-corrected chi connectivity index (χ3v) is 4.08. The van der Waals surface area contributed by atoms with Crippen LogP contribution >= 0.6 is 0 Å². The average Bonchev–Trinajstić information content (AvgIpc) is 2.53. The standard InChI is InChI=1S/C19H23O.CH3.W.Y/c1-3-17(19-7-5-4-6-8-19)13-15(2)18-11-9-16(14-20)10-12-18;;;/h5-12,15,17,20H,3,13-14H2,1-2H3;1H3;;/q2*-1;;. The van der Waals surface area contributed by atoms with Gasteiger partial charge in [-0.05, 0) is 29.4 Å². The summed E-state index contributed by atoms with van der Waals surface area (Å²) in [5.74, 6) is 1.12. The van der Waals surface area contributed by atoms with Gasteiger partial charge in [-0.2, -0.15) is 35.9 Å².